The number of para-hydroxylation sites is 1. The van der Waals surface area contributed by atoms with E-state index in [0.717, 1.165) is 35.9 Å². The van der Waals surface area contributed by atoms with Crippen LogP contribution in [-0.4, -0.2) is 30.3 Å². The maximum absolute atomic E-state index is 4.36. The zero-order valence-electron chi connectivity index (χ0n) is 11.0. The van der Waals surface area contributed by atoms with E-state index in [0.29, 0.717) is 0 Å². The van der Waals surface area contributed by atoms with E-state index in [-0.39, 0.29) is 0 Å². The van der Waals surface area contributed by atoms with Gasteiger partial charge in [-0.3, -0.25) is 0 Å². The molecule has 0 saturated carbocycles. The van der Waals surface area contributed by atoms with Gasteiger partial charge in [-0.1, -0.05) is 30.3 Å². The molecule has 0 unspecified atom stereocenters. The molecule has 0 spiro atoms. The lowest BCUT2D eigenvalue weighted by Crippen LogP contribution is -2.04. The molecule has 6 nitrogen and oxygen atoms in total. The topological polar surface area (TPSA) is 68.5 Å². The summed E-state index contributed by atoms with van der Waals surface area (Å²) < 4.78 is 10.4. The van der Waals surface area contributed by atoms with E-state index in [1.165, 1.54) is 11.7 Å². The Morgan fingerprint density at radius 3 is 2.85 bits per heavy atom. The Morgan fingerprint density at radius 2 is 2.05 bits per heavy atom. The molecule has 0 aliphatic rings. The summed E-state index contributed by atoms with van der Waals surface area (Å²) in [7, 11) is 0. The Morgan fingerprint density at radius 1 is 1.20 bits per heavy atom. The second-order valence-electron chi connectivity index (χ2n) is 4.25. The Bertz CT molecular complexity index is 675. The summed E-state index contributed by atoms with van der Waals surface area (Å²) in [6.07, 6.45) is 2.74. The van der Waals surface area contributed by atoms with Gasteiger partial charge in [0.1, 0.15) is 11.4 Å². The first kappa shape index (κ1) is 12.7. The van der Waals surface area contributed by atoms with Crippen molar-refractivity contribution in [2.45, 2.75) is 13.3 Å². The van der Waals surface area contributed by atoms with Crippen molar-refractivity contribution in [3.05, 3.63) is 36.5 Å². The minimum absolute atomic E-state index is 0.788. The molecule has 2 heterocycles. The molecule has 1 aromatic carbocycles. The van der Waals surface area contributed by atoms with Crippen molar-refractivity contribution in [3.63, 3.8) is 0 Å². The van der Waals surface area contributed by atoms with Gasteiger partial charge in [0.05, 0.1) is 23.6 Å². The van der Waals surface area contributed by atoms with Gasteiger partial charge in [-0.05, 0) is 18.6 Å². The van der Waals surface area contributed by atoms with Crippen molar-refractivity contribution in [2.75, 3.05) is 11.9 Å². The quantitative estimate of drug-likeness (QED) is 0.781. The van der Waals surface area contributed by atoms with E-state index in [1.54, 1.807) is 10.9 Å². The number of anilines is 1. The van der Waals surface area contributed by atoms with Crippen molar-refractivity contribution >= 4 is 17.5 Å². The predicted octanol–water partition coefficient (Wildman–Crippen LogP) is 2.61. The molecule has 0 amide bonds. The Kier molecular flexibility index (Phi) is 3.69. The van der Waals surface area contributed by atoms with Gasteiger partial charge in [0.15, 0.2) is 5.82 Å². The van der Waals surface area contributed by atoms with Gasteiger partial charge in [0, 0.05) is 6.54 Å². The van der Waals surface area contributed by atoms with Crippen molar-refractivity contribution in [1.82, 2.24) is 23.7 Å². The van der Waals surface area contributed by atoms with E-state index < -0.39 is 0 Å². The third kappa shape index (κ3) is 2.39. The Labute approximate surface area is 120 Å². The number of rotatable bonds is 5. The summed E-state index contributed by atoms with van der Waals surface area (Å²) in [5, 5.41) is 11.4. The molecule has 3 aromatic rings. The van der Waals surface area contributed by atoms with Gasteiger partial charge in [-0.25, -0.2) is 4.68 Å². The zero-order valence-corrected chi connectivity index (χ0v) is 11.8. The van der Waals surface area contributed by atoms with Crippen molar-refractivity contribution in [3.8, 4) is 17.1 Å². The maximum Gasteiger partial charge on any atom is 0.169 e. The summed E-state index contributed by atoms with van der Waals surface area (Å²) in [4.78, 5) is 0. The second kappa shape index (κ2) is 5.79. The molecular weight excluding hydrogens is 272 g/mol. The van der Waals surface area contributed by atoms with Crippen LogP contribution in [0.15, 0.2) is 36.5 Å². The van der Waals surface area contributed by atoms with Crippen molar-refractivity contribution < 1.29 is 0 Å². The van der Waals surface area contributed by atoms with Gasteiger partial charge >= 0.3 is 0 Å². The minimum atomic E-state index is 0.788. The maximum atomic E-state index is 4.36. The summed E-state index contributed by atoms with van der Waals surface area (Å²) in [6.45, 7) is 2.98. The highest BCUT2D eigenvalue weighted by molar-refractivity contribution is 6.99. The van der Waals surface area contributed by atoms with Gasteiger partial charge in [0.2, 0.25) is 0 Å². The zero-order chi connectivity index (χ0) is 13.8. The molecule has 0 aliphatic carbocycles. The molecule has 2 aromatic heterocycles. The molecule has 0 fully saturated rings. The monoisotopic (exact) mass is 286 g/mol. The highest BCUT2D eigenvalue weighted by atomic mass is 32.1. The van der Waals surface area contributed by atoms with Crippen LogP contribution < -0.4 is 5.32 Å². The summed E-state index contributed by atoms with van der Waals surface area (Å²) in [5.41, 5.74) is 2.58. The van der Waals surface area contributed by atoms with Crippen LogP contribution in [0.4, 0.5) is 5.82 Å². The average Bonchev–Trinajstić information content (AvgIpc) is 3.14. The number of hydrogen-bond acceptors (Lipinski definition) is 6. The van der Waals surface area contributed by atoms with Crippen LogP contribution >= 0.6 is 11.7 Å². The van der Waals surface area contributed by atoms with Crippen molar-refractivity contribution in [1.29, 1.82) is 0 Å². The molecule has 0 bridgehead atoms. The van der Waals surface area contributed by atoms with Gasteiger partial charge in [0.25, 0.3) is 0 Å². The largest absolute Gasteiger partial charge is 0.367 e. The number of hydrogen-bond donors (Lipinski definition) is 1. The normalized spacial score (nSPS) is 10.7. The van der Waals surface area contributed by atoms with Crippen LogP contribution in [-0.2, 0) is 0 Å². The minimum Gasteiger partial charge on any atom is -0.367 e. The first-order chi connectivity index (χ1) is 9.90. The van der Waals surface area contributed by atoms with Gasteiger partial charge < -0.3 is 5.32 Å². The van der Waals surface area contributed by atoms with Crippen LogP contribution in [0.25, 0.3) is 17.1 Å². The summed E-state index contributed by atoms with van der Waals surface area (Å²) >= 11 is 1.19. The lowest BCUT2D eigenvalue weighted by molar-refractivity contribution is 0.807. The first-order valence-electron chi connectivity index (χ1n) is 6.43. The Hall–Kier alpha value is -2.28. The fourth-order valence-corrected chi connectivity index (χ4v) is 2.41. The third-order valence-corrected chi connectivity index (χ3v) is 3.35. The van der Waals surface area contributed by atoms with E-state index in [4.69, 9.17) is 0 Å². The number of nitrogens with zero attached hydrogens (tertiary/aromatic N) is 5. The fourth-order valence-electron chi connectivity index (χ4n) is 1.87. The van der Waals surface area contributed by atoms with Crippen LogP contribution in [0.1, 0.15) is 13.3 Å². The number of nitrogens with one attached hydrogen (secondary N) is 1. The lowest BCUT2D eigenvalue weighted by Gasteiger charge is -2.06. The standard InChI is InChI=1S/C13H14N6S/c1-2-8-14-13-12(16-20-17-13)11-9-15-18-19(11)10-6-4-3-5-7-10/h3-7,9H,2,8H2,1H3,(H,14,17). The van der Waals surface area contributed by atoms with E-state index in [2.05, 4.69) is 31.3 Å². The third-order valence-electron chi connectivity index (χ3n) is 2.82. The summed E-state index contributed by atoms with van der Waals surface area (Å²) in [5.74, 6) is 0.788. The van der Waals surface area contributed by atoms with Crippen LogP contribution in [0.5, 0.6) is 0 Å². The molecule has 0 aliphatic heterocycles. The molecule has 20 heavy (non-hydrogen) atoms. The fraction of sp³-hybridized carbons (Fsp3) is 0.231. The highest BCUT2D eigenvalue weighted by Gasteiger charge is 2.16. The highest BCUT2D eigenvalue weighted by Crippen LogP contribution is 2.26. The lowest BCUT2D eigenvalue weighted by atomic mass is 10.3. The number of aromatic nitrogens is 5. The van der Waals surface area contributed by atoms with E-state index in [9.17, 15) is 0 Å². The molecule has 7 heteroatoms. The van der Waals surface area contributed by atoms with Gasteiger partial charge in [-0.2, -0.15) is 8.75 Å². The molecule has 3 rings (SSSR count). The smallest absolute Gasteiger partial charge is 0.169 e. The van der Waals surface area contributed by atoms with Crippen LogP contribution in [0, 0.1) is 0 Å². The first-order valence-corrected chi connectivity index (χ1v) is 7.16. The van der Waals surface area contributed by atoms with E-state index >= 15 is 0 Å². The average molecular weight is 286 g/mol. The van der Waals surface area contributed by atoms with E-state index in [1.807, 2.05) is 30.3 Å². The molecule has 0 saturated heterocycles. The molecular formula is C13H14N6S. The van der Waals surface area contributed by atoms with Crippen LogP contribution in [0.3, 0.4) is 0 Å². The van der Waals surface area contributed by atoms with Crippen molar-refractivity contribution in [2.24, 2.45) is 0 Å². The van der Waals surface area contributed by atoms with Gasteiger partial charge in [-0.15, -0.1) is 5.10 Å². The predicted molar refractivity (Wildman–Crippen MR) is 79.0 cm³/mol. The molecule has 1 N–H and O–H groups in total. The Balaban J connectivity index is 2.00. The second-order valence-corrected chi connectivity index (χ2v) is 4.78. The SMILES string of the molecule is CCCNc1nsnc1-c1cnnn1-c1ccccc1. The molecule has 0 radical (unpaired) electrons. The summed E-state index contributed by atoms with van der Waals surface area (Å²) in [6, 6.07) is 9.87. The molecule has 102 valence electrons. The molecule has 0 atom stereocenters. The number of benzene rings is 1. The van der Waals surface area contributed by atoms with Crippen LogP contribution in [0.2, 0.25) is 0 Å².